The average Bonchev–Trinajstić information content (AvgIpc) is 2.51. The maximum atomic E-state index is 4.39. The van der Waals surface area contributed by atoms with Crippen molar-refractivity contribution in [1.82, 2.24) is 15.1 Å². The summed E-state index contributed by atoms with van der Waals surface area (Å²) in [6, 6.07) is 2.76. The van der Waals surface area contributed by atoms with E-state index in [9.17, 15) is 0 Å². The van der Waals surface area contributed by atoms with Gasteiger partial charge in [-0.1, -0.05) is 27.2 Å². The summed E-state index contributed by atoms with van der Waals surface area (Å²) in [7, 11) is 2.03. The van der Waals surface area contributed by atoms with Gasteiger partial charge in [0.05, 0.1) is 5.69 Å². The van der Waals surface area contributed by atoms with E-state index in [1.54, 1.807) is 0 Å². The lowest BCUT2D eigenvalue weighted by Crippen LogP contribution is -2.30. The summed E-state index contributed by atoms with van der Waals surface area (Å²) in [6.45, 7) is 9.80. The van der Waals surface area contributed by atoms with Gasteiger partial charge < -0.3 is 5.32 Å². The first-order valence-electron chi connectivity index (χ1n) is 6.25. The fourth-order valence-electron chi connectivity index (χ4n) is 1.91. The van der Waals surface area contributed by atoms with Crippen molar-refractivity contribution in [1.29, 1.82) is 0 Å². The van der Waals surface area contributed by atoms with Crippen LogP contribution >= 0.6 is 0 Å². The number of hydrogen-bond donors (Lipinski definition) is 1. The third-order valence-electron chi connectivity index (χ3n) is 2.99. The van der Waals surface area contributed by atoms with E-state index < -0.39 is 0 Å². The molecule has 1 atom stereocenters. The third kappa shape index (κ3) is 3.97. The molecule has 1 N–H and O–H groups in total. The van der Waals surface area contributed by atoms with Crippen molar-refractivity contribution in [2.45, 2.75) is 46.6 Å². The highest BCUT2D eigenvalue weighted by molar-refractivity contribution is 5.09. The van der Waals surface area contributed by atoms with E-state index in [-0.39, 0.29) is 0 Å². The van der Waals surface area contributed by atoms with E-state index in [4.69, 9.17) is 0 Å². The molecule has 0 aromatic carbocycles. The van der Waals surface area contributed by atoms with Gasteiger partial charge in [0.1, 0.15) is 0 Å². The second-order valence-electron chi connectivity index (χ2n) is 4.94. The van der Waals surface area contributed by atoms with Gasteiger partial charge in [0.2, 0.25) is 0 Å². The highest BCUT2D eigenvalue weighted by Crippen LogP contribution is 2.12. The maximum absolute atomic E-state index is 4.39. The van der Waals surface area contributed by atoms with Gasteiger partial charge in [-0.15, -0.1) is 0 Å². The molecule has 0 aliphatic heterocycles. The predicted octanol–water partition coefficient (Wildman–Crippen LogP) is 2.30. The lowest BCUT2D eigenvalue weighted by atomic mass is 10.00. The summed E-state index contributed by atoms with van der Waals surface area (Å²) >= 11 is 0. The quantitative estimate of drug-likeness (QED) is 0.802. The smallest absolute Gasteiger partial charge is 0.0596 e. The predicted molar refractivity (Wildman–Crippen MR) is 68.6 cm³/mol. The zero-order valence-corrected chi connectivity index (χ0v) is 11.2. The third-order valence-corrected chi connectivity index (χ3v) is 2.99. The van der Waals surface area contributed by atoms with Crippen LogP contribution in [0.3, 0.4) is 0 Å². The molecular formula is C13H25N3. The molecule has 0 spiro atoms. The Morgan fingerprint density at radius 2 is 2.12 bits per heavy atom. The fraction of sp³-hybridized carbons (Fsp3) is 0.769. The first-order chi connectivity index (χ1) is 7.52. The molecule has 0 aliphatic rings. The molecule has 92 valence electrons. The second kappa shape index (κ2) is 6.04. The molecule has 0 fully saturated rings. The Labute approximate surface area is 99.2 Å². The van der Waals surface area contributed by atoms with Crippen LogP contribution in [0.25, 0.3) is 0 Å². The minimum Gasteiger partial charge on any atom is -0.314 e. The molecule has 0 saturated carbocycles. The Bertz CT molecular complexity index is 315. The van der Waals surface area contributed by atoms with Crippen LogP contribution in [0.2, 0.25) is 0 Å². The number of nitrogens with one attached hydrogen (secondary N) is 1. The summed E-state index contributed by atoms with van der Waals surface area (Å²) < 4.78 is 2.01. The van der Waals surface area contributed by atoms with Crippen LogP contribution in [0.15, 0.2) is 6.07 Å². The summed E-state index contributed by atoms with van der Waals surface area (Å²) in [5.74, 6) is 0.706. The molecule has 0 saturated heterocycles. The Balaban J connectivity index is 2.52. The standard InChI is InChI=1S/C13H25N3/c1-6-12(9-14-10(2)3)8-13-7-11(4)15-16(13)5/h7,10,12,14H,6,8-9H2,1-5H3. The lowest BCUT2D eigenvalue weighted by Gasteiger charge is -2.17. The normalized spacial score (nSPS) is 13.4. The molecular weight excluding hydrogens is 198 g/mol. The first-order valence-corrected chi connectivity index (χ1v) is 6.25. The van der Waals surface area contributed by atoms with Crippen LogP contribution in [-0.4, -0.2) is 22.4 Å². The van der Waals surface area contributed by atoms with Gasteiger partial charge in [0.15, 0.2) is 0 Å². The summed E-state index contributed by atoms with van der Waals surface area (Å²) in [6.07, 6.45) is 2.33. The van der Waals surface area contributed by atoms with Gasteiger partial charge >= 0.3 is 0 Å². The van der Waals surface area contributed by atoms with Gasteiger partial charge in [0, 0.05) is 18.8 Å². The van der Waals surface area contributed by atoms with Crippen molar-refractivity contribution < 1.29 is 0 Å². The van der Waals surface area contributed by atoms with Crippen molar-refractivity contribution in [3.63, 3.8) is 0 Å². The van der Waals surface area contributed by atoms with Gasteiger partial charge in [-0.3, -0.25) is 4.68 Å². The zero-order valence-electron chi connectivity index (χ0n) is 11.2. The first kappa shape index (κ1) is 13.2. The van der Waals surface area contributed by atoms with Crippen LogP contribution in [-0.2, 0) is 13.5 Å². The second-order valence-corrected chi connectivity index (χ2v) is 4.94. The van der Waals surface area contributed by atoms with Crippen molar-refractivity contribution in [2.75, 3.05) is 6.54 Å². The number of rotatable bonds is 6. The molecule has 1 rings (SSSR count). The van der Waals surface area contributed by atoms with Gasteiger partial charge in [-0.25, -0.2) is 0 Å². The number of hydrogen-bond acceptors (Lipinski definition) is 2. The molecule has 1 aromatic heterocycles. The molecule has 3 nitrogen and oxygen atoms in total. The van der Waals surface area contributed by atoms with E-state index in [1.165, 1.54) is 12.1 Å². The van der Waals surface area contributed by atoms with Crippen molar-refractivity contribution in [2.24, 2.45) is 13.0 Å². The lowest BCUT2D eigenvalue weighted by molar-refractivity contribution is 0.426. The minimum atomic E-state index is 0.572. The van der Waals surface area contributed by atoms with E-state index in [1.807, 2.05) is 11.7 Å². The molecule has 16 heavy (non-hydrogen) atoms. The molecule has 1 aromatic rings. The van der Waals surface area contributed by atoms with E-state index >= 15 is 0 Å². The molecule has 3 heteroatoms. The highest BCUT2D eigenvalue weighted by Gasteiger charge is 2.11. The van der Waals surface area contributed by atoms with Crippen LogP contribution in [0.4, 0.5) is 0 Å². The van der Waals surface area contributed by atoms with Gasteiger partial charge in [0.25, 0.3) is 0 Å². The molecule has 1 heterocycles. The van der Waals surface area contributed by atoms with E-state index in [0.29, 0.717) is 12.0 Å². The van der Waals surface area contributed by atoms with Crippen LogP contribution in [0, 0.1) is 12.8 Å². The van der Waals surface area contributed by atoms with Gasteiger partial charge in [-0.2, -0.15) is 5.10 Å². The summed E-state index contributed by atoms with van der Waals surface area (Å²) in [5.41, 5.74) is 2.46. The Hall–Kier alpha value is -0.830. The maximum Gasteiger partial charge on any atom is 0.0596 e. The highest BCUT2D eigenvalue weighted by atomic mass is 15.3. The van der Waals surface area contributed by atoms with Gasteiger partial charge in [-0.05, 0) is 31.9 Å². The average molecular weight is 223 g/mol. The van der Waals surface area contributed by atoms with Crippen molar-refractivity contribution >= 4 is 0 Å². The van der Waals surface area contributed by atoms with Crippen LogP contribution in [0.5, 0.6) is 0 Å². The summed E-state index contributed by atoms with van der Waals surface area (Å²) in [4.78, 5) is 0. The molecule has 0 bridgehead atoms. The monoisotopic (exact) mass is 223 g/mol. The topological polar surface area (TPSA) is 29.9 Å². The largest absolute Gasteiger partial charge is 0.314 e. The number of aryl methyl sites for hydroxylation is 2. The molecule has 1 unspecified atom stereocenters. The van der Waals surface area contributed by atoms with E-state index in [2.05, 4.69) is 44.2 Å². The molecule has 0 radical (unpaired) electrons. The zero-order chi connectivity index (χ0) is 12.1. The van der Waals surface area contributed by atoms with Crippen LogP contribution in [0.1, 0.15) is 38.6 Å². The fourth-order valence-corrected chi connectivity index (χ4v) is 1.91. The summed E-state index contributed by atoms with van der Waals surface area (Å²) in [5, 5.41) is 7.90. The number of nitrogens with zero attached hydrogens (tertiary/aromatic N) is 2. The number of aromatic nitrogens is 2. The van der Waals surface area contributed by atoms with Crippen molar-refractivity contribution in [3.8, 4) is 0 Å². The Morgan fingerprint density at radius 1 is 1.44 bits per heavy atom. The Morgan fingerprint density at radius 3 is 2.56 bits per heavy atom. The SMILES string of the molecule is CCC(CNC(C)C)Cc1cc(C)nn1C. The Kier molecular flexibility index (Phi) is 5.00. The minimum absolute atomic E-state index is 0.572. The van der Waals surface area contributed by atoms with Crippen LogP contribution < -0.4 is 5.32 Å². The van der Waals surface area contributed by atoms with Crippen molar-refractivity contribution in [3.05, 3.63) is 17.5 Å². The van der Waals surface area contributed by atoms with E-state index in [0.717, 1.165) is 18.7 Å². The molecule has 0 amide bonds. The molecule has 0 aliphatic carbocycles.